The van der Waals surface area contributed by atoms with Crippen LogP contribution in [0.25, 0.3) is 5.57 Å². The molecule has 5 heteroatoms. The molecule has 0 bridgehead atoms. The zero-order valence-corrected chi connectivity index (χ0v) is 18.7. The Morgan fingerprint density at radius 3 is 2.00 bits per heavy atom. The van der Waals surface area contributed by atoms with Crippen LogP contribution in [-0.4, -0.2) is 11.8 Å². The van der Waals surface area contributed by atoms with Gasteiger partial charge in [-0.2, -0.15) is 0 Å². The molecule has 1 heterocycles. The number of amides is 2. The van der Waals surface area contributed by atoms with E-state index in [1.54, 1.807) is 30.3 Å². The molecule has 2 amide bonds. The second-order valence-electron chi connectivity index (χ2n) is 7.97. The minimum atomic E-state index is -0.377. The second kappa shape index (κ2) is 8.05. The number of imide groups is 1. The Morgan fingerprint density at radius 2 is 1.39 bits per heavy atom. The van der Waals surface area contributed by atoms with Gasteiger partial charge in [-0.05, 0) is 91.9 Å². The van der Waals surface area contributed by atoms with E-state index in [0.29, 0.717) is 21.8 Å². The van der Waals surface area contributed by atoms with Crippen molar-refractivity contribution in [1.82, 2.24) is 0 Å². The van der Waals surface area contributed by atoms with Crippen molar-refractivity contribution >= 4 is 40.4 Å². The first kappa shape index (κ1) is 20.9. The minimum absolute atomic E-state index is 0.260. The van der Waals surface area contributed by atoms with Gasteiger partial charge >= 0.3 is 0 Å². The van der Waals surface area contributed by atoms with Gasteiger partial charge in [0.2, 0.25) is 0 Å². The van der Waals surface area contributed by atoms with E-state index >= 15 is 0 Å². The van der Waals surface area contributed by atoms with Gasteiger partial charge in [0.05, 0.1) is 11.3 Å². The SMILES string of the molecule is Cc1cc(C)cc(NC2=C(c3ccc(Cl)cc3)C(=O)N(c3ccc(C)c(C)c3)C2=O)c1. The maximum absolute atomic E-state index is 13.5. The summed E-state index contributed by atoms with van der Waals surface area (Å²) in [4.78, 5) is 28.2. The molecule has 0 aliphatic carbocycles. The lowest BCUT2D eigenvalue weighted by atomic mass is 10.0. The molecular weight excluding hydrogens is 408 g/mol. The average molecular weight is 431 g/mol. The summed E-state index contributed by atoms with van der Waals surface area (Å²) in [5.74, 6) is -0.736. The first-order valence-corrected chi connectivity index (χ1v) is 10.4. The predicted molar refractivity (Wildman–Crippen MR) is 126 cm³/mol. The quantitative estimate of drug-likeness (QED) is 0.518. The molecule has 3 aromatic carbocycles. The number of hydrogen-bond donors (Lipinski definition) is 1. The largest absolute Gasteiger partial charge is 0.350 e. The molecule has 0 aromatic heterocycles. The van der Waals surface area contributed by atoms with E-state index in [4.69, 9.17) is 11.6 Å². The van der Waals surface area contributed by atoms with Crippen LogP contribution in [0, 0.1) is 27.7 Å². The third-order valence-electron chi connectivity index (χ3n) is 5.46. The third kappa shape index (κ3) is 3.99. The van der Waals surface area contributed by atoms with Gasteiger partial charge in [-0.15, -0.1) is 0 Å². The standard InChI is InChI=1S/C26H23ClN2O2/c1-15-11-16(2)13-21(12-15)28-24-23(19-6-8-20(27)9-7-19)25(30)29(26(24)31)22-10-5-17(3)18(4)14-22/h5-14,28H,1-4H3. The Hall–Kier alpha value is -3.37. The number of hydrogen-bond acceptors (Lipinski definition) is 3. The smallest absolute Gasteiger partial charge is 0.282 e. The number of rotatable bonds is 4. The van der Waals surface area contributed by atoms with Crippen molar-refractivity contribution in [3.05, 3.63) is 99.2 Å². The van der Waals surface area contributed by atoms with E-state index in [0.717, 1.165) is 27.9 Å². The highest BCUT2D eigenvalue weighted by atomic mass is 35.5. The summed E-state index contributed by atoms with van der Waals surface area (Å²) in [6.07, 6.45) is 0. The highest BCUT2D eigenvalue weighted by molar-refractivity contribution is 6.46. The molecule has 4 rings (SSSR count). The van der Waals surface area contributed by atoms with E-state index in [2.05, 4.69) is 11.4 Å². The van der Waals surface area contributed by atoms with Crippen LogP contribution in [0.1, 0.15) is 27.8 Å². The summed E-state index contributed by atoms with van der Waals surface area (Å²) in [5, 5.41) is 3.79. The summed E-state index contributed by atoms with van der Waals surface area (Å²) >= 11 is 6.05. The topological polar surface area (TPSA) is 49.4 Å². The molecule has 0 radical (unpaired) electrons. The fourth-order valence-corrected chi connectivity index (χ4v) is 3.95. The number of nitrogens with zero attached hydrogens (tertiary/aromatic N) is 1. The molecule has 1 N–H and O–H groups in total. The number of benzene rings is 3. The summed E-state index contributed by atoms with van der Waals surface area (Å²) in [7, 11) is 0. The van der Waals surface area contributed by atoms with Crippen LogP contribution < -0.4 is 10.2 Å². The zero-order chi connectivity index (χ0) is 22.3. The molecule has 0 unspecified atom stereocenters. The Kier molecular flexibility index (Phi) is 5.42. The molecule has 156 valence electrons. The number of carbonyl (C=O) groups excluding carboxylic acids is 2. The van der Waals surface area contributed by atoms with Crippen molar-refractivity contribution in [1.29, 1.82) is 0 Å². The van der Waals surface area contributed by atoms with E-state index in [1.165, 1.54) is 4.90 Å². The lowest BCUT2D eigenvalue weighted by molar-refractivity contribution is -0.120. The van der Waals surface area contributed by atoms with Crippen LogP contribution in [0.3, 0.4) is 0 Å². The third-order valence-corrected chi connectivity index (χ3v) is 5.71. The average Bonchev–Trinajstić information content (AvgIpc) is 2.94. The highest BCUT2D eigenvalue weighted by Crippen LogP contribution is 2.35. The van der Waals surface area contributed by atoms with Crippen molar-refractivity contribution < 1.29 is 9.59 Å². The van der Waals surface area contributed by atoms with E-state index in [9.17, 15) is 9.59 Å². The molecular formula is C26H23ClN2O2. The summed E-state index contributed by atoms with van der Waals surface area (Å²) < 4.78 is 0. The second-order valence-corrected chi connectivity index (χ2v) is 8.41. The van der Waals surface area contributed by atoms with Crippen LogP contribution in [-0.2, 0) is 9.59 Å². The molecule has 31 heavy (non-hydrogen) atoms. The number of aryl methyl sites for hydroxylation is 4. The fraction of sp³-hybridized carbons (Fsp3) is 0.154. The van der Waals surface area contributed by atoms with E-state index < -0.39 is 0 Å². The lowest BCUT2D eigenvalue weighted by Crippen LogP contribution is -2.32. The maximum Gasteiger partial charge on any atom is 0.282 e. The maximum atomic E-state index is 13.5. The summed E-state index contributed by atoms with van der Waals surface area (Å²) in [6.45, 7) is 7.95. The monoisotopic (exact) mass is 430 g/mol. The van der Waals surface area contributed by atoms with Crippen molar-refractivity contribution in [3.8, 4) is 0 Å². The number of halogens is 1. The van der Waals surface area contributed by atoms with E-state index in [-0.39, 0.29) is 17.5 Å². The van der Waals surface area contributed by atoms with Crippen LogP contribution in [0.2, 0.25) is 5.02 Å². The number of nitrogens with one attached hydrogen (secondary N) is 1. The zero-order valence-electron chi connectivity index (χ0n) is 17.9. The molecule has 0 saturated carbocycles. The minimum Gasteiger partial charge on any atom is -0.350 e. The van der Waals surface area contributed by atoms with Gasteiger partial charge in [-0.1, -0.05) is 35.9 Å². The van der Waals surface area contributed by atoms with Gasteiger partial charge < -0.3 is 5.32 Å². The molecule has 4 nitrogen and oxygen atoms in total. The Labute approximate surface area is 187 Å². The van der Waals surface area contributed by atoms with E-state index in [1.807, 2.05) is 52.0 Å². The van der Waals surface area contributed by atoms with Crippen LogP contribution >= 0.6 is 11.6 Å². The van der Waals surface area contributed by atoms with Crippen molar-refractivity contribution in [2.45, 2.75) is 27.7 Å². The van der Waals surface area contributed by atoms with Gasteiger partial charge in [0.15, 0.2) is 0 Å². The number of carbonyl (C=O) groups is 2. The molecule has 0 spiro atoms. The number of anilines is 2. The normalized spacial score (nSPS) is 13.9. The van der Waals surface area contributed by atoms with Crippen molar-refractivity contribution in [3.63, 3.8) is 0 Å². The molecule has 1 aliphatic rings. The van der Waals surface area contributed by atoms with Crippen LogP contribution in [0.5, 0.6) is 0 Å². The van der Waals surface area contributed by atoms with Crippen LogP contribution in [0.4, 0.5) is 11.4 Å². The first-order valence-electron chi connectivity index (χ1n) is 10.1. The van der Waals surface area contributed by atoms with Crippen molar-refractivity contribution in [2.75, 3.05) is 10.2 Å². The molecule has 1 aliphatic heterocycles. The van der Waals surface area contributed by atoms with Gasteiger partial charge in [0, 0.05) is 10.7 Å². The van der Waals surface area contributed by atoms with Gasteiger partial charge in [-0.3, -0.25) is 9.59 Å². The van der Waals surface area contributed by atoms with Crippen LogP contribution in [0.15, 0.2) is 66.4 Å². The van der Waals surface area contributed by atoms with Crippen molar-refractivity contribution in [2.24, 2.45) is 0 Å². The molecule has 0 fully saturated rings. The summed E-state index contributed by atoms with van der Waals surface area (Å²) in [6, 6.07) is 18.5. The fourth-order valence-electron chi connectivity index (χ4n) is 3.82. The van der Waals surface area contributed by atoms with Gasteiger partial charge in [0.25, 0.3) is 11.8 Å². The predicted octanol–water partition coefficient (Wildman–Crippen LogP) is 5.97. The summed E-state index contributed by atoms with van der Waals surface area (Å²) in [5.41, 5.74) is 6.81. The Balaban J connectivity index is 1.84. The highest BCUT2D eigenvalue weighted by Gasteiger charge is 2.40. The molecule has 0 saturated heterocycles. The first-order chi connectivity index (χ1) is 14.7. The van der Waals surface area contributed by atoms with Gasteiger partial charge in [-0.25, -0.2) is 4.90 Å². The molecule has 0 atom stereocenters. The lowest BCUT2D eigenvalue weighted by Gasteiger charge is -2.17. The Bertz CT molecular complexity index is 1220. The molecule has 3 aromatic rings. The Morgan fingerprint density at radius 1 is 0.742 bits per heavy atom. The van der Waals surface area contributed by atoms with Gasteiger partial charge in [0.1, 0.15) is 5.70 Å².